The molecule has 0 saturated heterocycles. The van der Waals surface area contributed by atoms with E-state index in [2.05, 4.69) is 22.9 Å². The molecule has 0 heterocycles. The molecule has 1 nitrogen and oxygen atoms in total. The highest BCUT2D eigenvalue weighted by Crippen LogP contribution is 2.40. The fraction of sp³-hybridized carbons (Fsp3) is 0.364. The van der Waals surface area contributed by atoms with Crippen molar-refractivity contribution < 1.29 is 4.79 Å². The topological polar surface area (TPSA) is 17.1 Å². The molecule has 1 fully saturated rings. The summed E-state index contributed by atoms with van der Waals surface area (Å²) in [6.07, 6.45) is 1.06. The fourth-order valence-corrected chi connectivity index (χ4v) is 1.78. The van der Waals surface area contributed by atoms with E-state index in [1.54, 1.807) is 0 Å². The first-order valence-corrected chi connectivity index (χ1v) is 5.27. The third kappa shape index (κ3) is 1.83. The third-order valence-electron chi connectivity index (χ3n) is 2.57. The molecule has 0 spiro atoms. The number of hydrogen-bond acceptors (Lipinski definition) is 1. The number of carbonyl (C=O) groups is 1. The molecule has 0 amide bonds. The van der Waals surface area contributed by atoms with Crippen LogP contribution >= 0.6 is 15.9 Å². The van der Waals surface area contributed by atoms with Crippen LogP contribution in [0.2, 0.25) is 0 Å². The van der Waals surface area contributed by atoms with Crippen LogP contribution in [0.15, 0.2) is 28.7 Å². The van der Waals surface area contributed by atoms with Crippen LogP contribution in [0.3, 0.4) is 0 Å². The zero-order valence-corrected chi connectivity index (χ0v) is 9.04. The van der Waals surface area contributed by atoms with Gasteiger partial charge in [0.15, 0.2) is 5.78 Å². The van der Waals surface area contributed by atoms with Crippen molar-refractivity contribution in [3.8, 4) is 0 Å². The Hall–Kier alpha value is -0.630. The molecule has 1 aliphatic rings. The second kappa shape index (κ2) is 3.26. The molecule has 68 valence electrons. The summed E-state index contributed by atoms with van der Waals surface area (Å²) >= 11 is 3.35. The Labute approximate surface area is 86.3 Å². The van der Waals surface area contributed by atoms with Crippen LogP contribution in [0.5, 0.6) is 0 Å². The highest BCUT2D eigenvalue weighted by Gasteiger charge is 2.39. The SMILES string of the molecule is CC1CC1C(=O)c1ccc(Br)cc1. The number of rotatable bonds is 2. The van der Waals surface area contributed by atoms with Crippen molar-refractivity contribution in [3.63, 3.8) is 0 Å². The van der Waals surface area contributed by atoms with Gasteiger partial charge >= 0.3 is 0 Å². The van der Waals surface area contributed by atoms with Gasteiger partial charge in [-0.2, -0.15) is 0 Å². The van der Waals surface area contributed by atoms with Crippen LogP contribution in [-0.2, 0) is 0 Å². The minimum atomic E-state index is 0.293. The summed E-state index contributed by atoms with van der Waals surface area (Å²) in [5.74, 6) is 1.19. The minimum absolute atomic E-state index is 0.293. The van der Waals surface area contributed by atoms with Gasteiger partial charge in [-0.3, -0.25) is 4.79 Å². The van der Waals surface area contributed by atoms with Crippen LogP contribution in [0, 0.1) is 11.8 Å². The molecule has 0 radical (unpaired) electrons. The lowest BCUT2D eigenvalue weighted by atomic mass is 10.1. The first kappa shape index (κ1) is 8.95. The Balaban J connectivity index is 2.17. The molecule has 1 aliphatic carbocycles. The average molecular weight is 239 g/mol. The van der Waals surface area contributed by atoms with E-state index in [1.807, 2.05) is 24.3 Å². The molecule has 2 unspecified atom stereocenters. The molecule has 13 heavy (non-hydrogen) atoms. The number of hydrogen-bond donors (Lipinski definition) is 0. The highest BCUT2D eigenvalue weighted by molar-refractivity contribution is 9.10. The second-order valence-corrected chi connectivity index (χ2v) is 4.61. The molecule has 2 rings (SSSR count). The molecular weight excluding hydrogens is 228 g/mol. The van der Waals surface area contributed by atoms with Gasteiger partial charge in [-0.1, -0.05) is 35.0 Å². The number of benzene rings is 1. The molecule has 2 atom stereocenters. The van der Waals surface area contributed by atoms with Crippen molar-refractivity contribution in [1.82, 2.24) is 0 Å². The van der Waals surface area contributed by atoms with Crippen LogP contribution in [0.1, 0.15) is 23.7 Å². The standard InChI is InChI=1S/C11H11BrO/c1-7-6-10(7)11(13)8-2-4-9(12)5-3-8/h2-5,7,10H,6H2,1H3. The average Bonchev–Trinajstić information content (AvgIpc) is 2.83. The fourth-order valence-electron chi connectivity index (χ4n) is 1.52. The maximum absolute atomic E-state index is 11.7. The minimum Gasteiger partial charge on any atom is -0.294 e. The predicted molar refractivity (Wildman–Crippen MR) is 55.7 cm³/mol. The normalized spacial score (nSPS) is 25.7. The van der Waals surface area contributed by atoms with Crippen molar-refractivity contribution >= 4 is 21.7 Å². The summed E-state index contributed by atoms with van der Waals surface area (Å²) in [6.45, 7) is 2.13. The molecule has 2 heteroatoms. The van der Waals surface area contributed by atoms with Crippen molar-refractivity contribution in [2.24, 2.45) is 11.8 Å². The maximum Gasteiger partial charge on any atom is 0.166 e. The Bertz CT molecular complexity index is 328. The van der Waals surface area contributed by atoms with E-state index in [0.29, 0.717) is 17.6 Å². The number of carbonyl (C=O) groups excluding carboxylic acids is 1. The van der Waals surface area contributed by atoms with Crippen molar-refractivity contribution in [3.05, 3.63) is 34.3 Å². The van der Waals surface area contributed by atoms with Gasteiger partial charge in [0.1, 0.15) is 0 Å². The van der Waals surface area contributed by atoms with Crippen molar-refractivity contribution in [2.45, 2.75) is 13.3 Å². The van der Waals surface area contributed by atoms with Gasteiger partial charge < -0.3 is 0 Å². The zero-order valence-electron chi connectivity index (χ0n) is 7.46. The van der Waals surface area contributed by atoms with Crippen LogP contribution in [0.4, 0.5) is 0 Å². The smallest absolute Gasteiger partial charge is 0.166 e. The highest BCUT2D eigenvalue weighted by atomic mass is 79.9. The summed E-state index contributed by atoms with van der Waals surface area (Å²) in [7, 11) is 0. The van der Waals surface area contributed by atoms with E-state index >= 15 is 0 Å². The van der Waals surface area contributed by atoms with E-state index in [1.165, 1.54) is 0 Å². The van der Waals surface area contributed by atoms with Gasteiger partial charge in [-0.25, -0.2) is 0 Å². The van der Waals surface area contributed by atoms with Gasteiger partial charge in [-0.15, -0.1) is 0 Å². The van der Waals surface area contributed by atoms with Gasteiger partial charge in [0, 0.05) is 16.0 Å². The molecule has 1 saturated carbocycles. The van der Waals surface area contributed by atoms with Crippen molar-refractivity contribution in [1.29, 1.82) is 0 Å². The first-order valence-electron chi connectivity index (χ1n) is 4.48. The summed E-state index contributed by atoms with van der Waals surface area (Å²) in [5.41, 5.74) is 0.845. The molecular formula is C11H11BrO. The number of halogens is 1. The Morgan fingerprint density at radius 3 is 2.38 bits per heavy atom. The van der Waals surface area contributed by atoms with Gasteiger partial charge in [0.25, 0.3) is 0 Å². The van der Waals surface area contributed by atoms with Gasteiger partial charge in [-0.05, 0) is 24.5 Å². The molecule has 0 aliphatic heterocycles. The Morgan fingerprint density at radius 1 is 1.38 bits per heavy atom. The van der Waals surface area contributed by atoms with Crippen LogP contribution < -0.4 is 0 Å². The van der Waals surface area contributed by atoms with Crippen molar-refractivity contribution in [2.75, 3.05) is 0 Å². The third-order valence-corrected chi connectivity index (χ3v) is 3.10. The largest absolute Gasteiger partial charge is 0.294 e. The predicted octanol–water partition coefficient (Wildman–Crippen LogP) is 3.29. The zero-order chi connectivity index (χ0) is 9.42. The summed E-state index contributed by atoms with van der Waals surface area (Å²) in [5, 5.41) is 0. The molecule has 1 aromatic carbocycles. The Kier molecular flexibility index (Phi) is 2.24. The maximum atomic E-state index is 11.7. The molecule has 0 bridgehead atoms. The van der Waals surface area contributed by atoms with E-state index in [4.69, 9.17) is 0 Å². The van der Waals surface area contributed by atoms with E-state index in [9.17, 15) is 4.79 Å². The molecule has 0 aromatic heterocycles. The van der Waals surface area contributed by atoms with Crippen LogP contribution in [0.25, 0.3) is 0 Å². The second-order valence-electron chi connectivity index (χ2n) is 3.69. The van der Waals surface area contributed by atoms with E-state index in [0.717, 1.165) is 16.5 Å². The lowest BCUT2D eigenvalue weighted by molar-refractivity contribution is 0.0962. The number of Topliss-reactive ketones (excluding diaryl/α,β-unsaturated/α-hetero) is 1. The van der Waals surface area contributed by atoms with Gasteiger partial charge in [0.05, 0.1) is 0 Å². The lowest BCUT2D eigenvalue weighted by Crippen LogP contribution is -2.01. The number of ketones is 1. The monoisotopic (exact) mass is 238 g/mol. The van der Waals surface area contributed by atoms with E-state index < -0.39 is 0 Å². The summed E-state index contributed by atoms with van der Waals surface area (Å²) in [4.78, 5) is 11.7. The first-order chi connectivity index (χ1) is 6.18. The van der Waals surface area contributed by atoms with Gasteiger partial charge in [0.2, 0.25) is 0 Å². The summed E-state index contributed by atoms with van der Waals surface area (Å²) < 4.78 is 1.02. The Morgan fingerprint density at radius 2 is 1.92 bits per heavy atom. The molecule has 1 aromatic rings. The summed E-state index contributed by atoms with van der Waals surface area (Å²) in [6, 6.07) is 7.61. The van der Waals surface area contributed by atoms with Crippen LogP contribution in [-0.4, -0.2) is 5.78 Å². The molecule has 0 N–H and O–H groups in total. The lowest BCUT2D eigenvalue weighted by Gasteiger charge is -1.98. The quantitative estimate of drug-likeness (QED) is 0.723. The van der Waals surface area contributed by atoms with E-state index in [-0.39, 0.29) is 0 Å².